The Balaban J connectivity index is 1.46. The van der Waals surface area contributed by atoms with Gasteiger partial charge in [-0.1, -0.05) is 0 Å². The number of anilines is 2. The molecule has 2 saturated heterocycles. The summed E-state index contributed by atoms with van der Waals surface area (Å²) in [6.45, 7) is 6.61. The number of hydrogen-bond donors (Lipinski definition) is 1. The van der Waals surface area contributed by atoms with Crippen molar-refractivity contribution in [1.29, 1.82) is 0 Å². The van der Waals surface area contributed by atoms with Crippen LogP contribution in [0.4, 0.5) is 15.8 Å². The number of nitrogens with two attached hydrogens (primary N) is 1. The Morgan fingerprint density at radius 1 is 1.00 bits per heavy atom. The van der Waals surface area contributed by atoms with Crippen molar-refractivity contribution >= 4 is 11.4 Å². The molecule has 0 saturated carbocycles. The average molecular weight is 332 g/mol. The Hall–Kier alpha value is -1.33. The number of nitrogen functional groups attached to an aromatic ring is 1. The molecular weight excluding hydrogens is 303 g/mol. The summed E-state index contributed by atoms with van der Waals surface area (Å²) < 4.78 is 14.6. The monoisotopic (exact) mass is 332 g/mol. The van der Waals surface area contributed by atoms with Gasteiger partial charge in [0.05, 0.1) is 5.69 Å². The van der Waals surface area contributed by atoms with Crippen molar-refractivity contribution in [1.82, 2.24) is 9.80 Å². The second kappa shape index (κ2) is 6.52. The van der Waals surface area contributed by atoms with Gasteiger partial charge in [-0.2, -0.15) is 0 Å². The van der Waals surface area contributed by atoms with Gasteiger partial charge in [0, 0.05) is 51.0 Å². The summed E-state index contributed by atoms with van der Waals surface area (Å²) in [6, 6.07) is 2.21. The lowest BCUT2D eigenvalue weighted by Crippen LogP contribution is -2.52. The highest BCUT2D eigenvalue weighted by atomic mass is 19.1. The number of nitrogens with zero attached hydrogens (tertiary/aromatic N) is 3. The molecule has 0 unspecified atom stereocenters. The minimum Gasteiger partial charge on any atom is -0.398 e. The molecule has 0 aromatic heterocycles. The minimum atomic E-state index is -0.119. The number of piperazine rings is 1. The number of rotatable bonds is 2. The van der Waals surface area contributed by atoms with Crippen molar-refractivity contribution in [3.05, 3.63) is 23.0 Å². The van der Waals surface area contributed by atoms with Crippen LogP contribution in [0.5, 0.6) is 0 Å². The normalized spacial score (nSPS) is 23.7. The standard InChI is InChI=1S/C19H29FN4/c1-22-9-11-23(12-10-22)14-5-7-24(8-6-14)19-16-4-2-3-15(16)18(21)13-17(19)20/h13-14H,2-12,21H2,1H3. The van der Waals surface area contributed by atoms with Gasteiger partial charge in [0.15, 0.2) is 0 Å². The molecule has 24 heavy (non-hydrogen) atoms. The lowest BCUT2D eigenvalue weighted by atomic mass is 9.99. The lowest BCUT2D eigenvalue weighted by Gasteiger charge is -2.43. The van der Waals surface area contributed by atoms with Crippen molar-refractivity contribution in [3.63, 3.8) is 0 Å². The van der Waals surface area contributed by atoms with Crippen LogP contribution in [0.1, 0.15) is 30.4 Å². The highest BCUT2D eigenvalue weighted by Gasteiger charge is 2.30. The first-order valence-corrected chi connectivity index (χ1v) is 9.40. The summed E-state index contributed by atoms with van der Waals surface area (Å²) in [7, 11) is 2.20. The Morgan fingerprint density at radius 2 is 1.67 bits per heavy atom. The van der Waals surface area contributed by atoms with Gasteiger partial charge in [0.1, 0.15) is 5.82 Å². The molecular formula is C19H29FN4. The molecule has 0 radical (unpaired) electrons. The lowest BCUT2D eigenvalue weighted by molar-refractivity contribution is 0.0981. The molecule has 1 aromatic carbocycles. The van der Waals surface area contributed by atoms with Crippen LogP contribution < -0.4 is 10.6 Å². The van der Waals surface area contributed by atoms with Gasteiger partial charge in [-0.05, 0) is 56.3 Å². The van der Waals surface area contributed by atoms with Gasteiger partial charge in [0.2, 0.25) is 0 Å². The highest BCUT2D eigenvalue weighted by Crippen LogP contribution is 2.38. The Labute approximate surface area is 144 Å². The van der Waals surface area contributed by atoms with Crippen molar-refractivity contribution in [2.45, 2.75) is 38.1 Å². The maximum Gasteiger partial charge on any atom is 0.148 e. The Morgan fingerprint density at radius 3 is 2.38 bits per heavy atom. The van der Waals surface area contributed by atoms with Gasteiger partial charge in [-0.25, -0.2) is 4.39 Å². The van der Waals surface area contributed by atoms with E-state index in [9.17, 15) is 4.39 Å². The topological polar surface area (TPSA) is 35.7 Å². The van der Waals surface area contributed by atoms with E-state index < -0.39 is 0 Å². The number of halogens is 1. The van der Waals surface area contributed by atoms with Crippen LogP contribution in [0, 0.1) is 5.82 Å². The first-order valence-electron chi connectivity index (χ1n) is 9.40. The zero-order valence-corrected chi connectivity index (χ0v) is 14.7. The molecule has 2 N–H and O–H groups in total. The molecule has 0 atom stereocenters. The van der Waals surface area contributed by atoms with Crippen LogP contribution >= 0.6 is 0 Å². The van der Waals surface area contributed by atoms with E-state index in [0.717, 1.165) is 50.9 Å². The third kappa shape index (κ3) is 2.88. The van der Waals surface area contributed by atoms with E-state index in [0.29, 0.717) is 11.7 Å². The molecule has 2 aliphatic heterocycles. The van der Waals surface area contributed by atoms with Crippen LogP contribution in [0.2, 0.25) is 0 Å². The number of fused-ring (bicyclic) bond motifs is 1. The quantitative estimate of drug-likeness (QED) is 0.842. The van der Waals surface area contributed by atoms with E-state index >= 15 is 0 Å². The second-order valence-electron chi connectivity index (χ2n) is 7.66. The van der Waals surface area contributed by atoms with Gasteiger partial charge in [-0.3, -0.25) is 4.90 Å². The smallest absolute Gasteiger partial charge is 0.148 e. The Bertz CT molecular complexity index is 602. The number of hydrogen-bond acceptors (Lipinski definition) is 4. The van der Waals surface area contributed by atoms with Gasteiger partial charge in [0.25, 0.3) is 0 Å². The molecule has 3 aliphatic rings. The maximum absolute atomic E-state index is 14.6. The summed E-state index contributed by atoms with van der Waals surface area (Å²) in [5, 5.41) is 0. The fourth-order valence-electron chi connectivity index (χ4n) is 4.74. The third-order valence-electron chi connectivity index (χ3n) is 6.20. The predicted molar refractivity (Wildman–Crippen MR) is 97.1 cm³/mol. The van der Waals surface area contributed by atoms with Gasteiger partial charge in [-0.15, -0.1) is 0 Å². The zero-order valence-electron chi connectivity index (χ0n) is 14.7. The summed E-state index contributed by atoms with van der Waals surface area (Å²) in [4.78, 5) is 7.32. The summed E-state index contributed by atoms with van der Waals surface area (Å²) in [5.74, 6) is -0.119. The molecule has 2 heterocycles. The number of benzene rings is 1. The van der Waals surface area contributed by atoms with Crippen LogP contribution in [-0.2, 0) is 12.8 Å². The van der Waals surface area contributed by atoms with E-state index in [4.69, 9.17) is 5.73 Å². The molecule has 5 heteroatoms. The van der Waals surface area contributed by atoms with Gasteiger partial charge >= 0.3 is 0 Å². The zero-order chi connectivity index (χ0) is 16.7. The van der Waals surface area contributed by atoms with Crippen molar-refractivity contribution in [3.8, 4) is 0 Å². The molecule has 2 fully saturated rings. The third-order valence-corrected chi connectivity index (χ3v) is 6.20. The molecule has 4 nitrogen and oxygen atoms in total. The van der Waals surface area contributed by atoms with Gasteiger partial charge < -0.3 is 15.5 Å². The minimum absolute atomic E-state index is 0.119. The molecule has 0 spiro atoms. The van der Waals surface area contributed by atoms with E-state index in [2.05, 4.69) is 21.7 Å². The molecule has 4 rings (SSSR count). The Kier molecular flexibility index (Phi) is 4.39. The van der Waals surface area contributed by atoms with E-state index in [-0.39, 0.29) is 5.82 Å². The average Bonchev–Trinajstić information content (AvgIpc) is 3.06. The van der Waals surface area contributed by atoms with E-state index in [1.165, 1.54) is 37.3 Å². The van der Waals surface area contributed by atoms with E-state index in [1.807, 2.05) is 0 Å². The second-order valence-corrected chi connectivity index (χ2v) is 7.66. The van der Waals surface area contributed by atoms with E-state index in [1.54, 1.807) is 6.07 Å². The van der Waals surface area contributed by atoms with Crippen LogP contribution in [0.15, 0.2) is 6.07 Å². The maximum atomic E-state index is 14.6. The molecule has 1 aromatic rings. The first-order chi connectivity index (χ1) is 11.6. The predicted octanol–water partition coefficient (Wildman–Crippen LogP) is 2.11. The van der Waals surface area contributed by atoms with Crippen LogP contribution in [-0.4, -0.2) is 62.2 Å². The number of piperidine rings is 1. The van der Waals surface area contributed by atoms with Crippen molar-refractivity contribution in [2.24, 2.45) is 0 Å². The molecule has 132 valence electrons. The summed E-state index contributed by atoms with van der Waals surface area (Å²) in [5.41, 5.74) is 9.92. The highest BCUT2D eigenvalue weighted by molar-refractivity contribution is 5.67. The largest absolute Gasteiger partial charge is 0.398 e. The first kappa shape index (κ1) is 16.2. The van der Waals surface area contributed by atoms with Crippen LogP contribution in [0.25, 0.3) is 0 Å². The summed E-state index contributed by atoms with van der Waals surface area (Å²) in [6.07, 6.45) is 5.37. The van der Waals surface area contributed by atoms with Crippen LogP contribution in [0.3, 0.4) is 0 Å². The molecule has 0 amide bonds. The number of likely N-dealkylation sites (N-methyl/N-ethyl adjacent to an activating group) is 1. The summed E-state index contributed by atoms with van der Waals surface area (Å²) >= 11 is 0. The fraction of sp³-hybridized carbons (Fsp3) is 0.684. The molecule has 0 bridgehead atoms. The van der Waals surface area contributed by atoms with Crippen molar-refractivity contribution < 1.29 is 4.39 Å². The fourth-order valence-corrected chi connectivity index (χ4v) is 4.74. The van der Waals surface area contributed by atoms with Crippen molar-refractivity contribution in [2.75, 3.05) is 56.9 Å². The SMILES string of the molecule is CN1CCN(C2CCN(c3c(F)cc(N)c4c3CCC4)CC2)CC1. The molecule has 1 aliphatic carbocycles.